The van der Waals surface area contributed by atoms with Crippen LogP contribution in [0.1, 0.15) is 31.2 Å². The summed E-state index contributed by atoms with van der Waals surface area (Å²) in [6.07, 6.45) is 4.54. The SMILES string of the molecule is CN(C)C1(c2ccc3ccccc3c2)CCC(N)CC1. The molecule has 0 unspecified atom stereocenters. The maximum absolute atomic E-state index is 6.11. The second-order valence-corrected chi connectivity index (χ2v) is 6.33. The lowest BCUT2D eigenvalue weighted by molar-refractivity contribution is 0.0919. The van der Waals surface area contributed by atoms with E-state index in [2.05, 4.69) is 61.5 Å². The Kier molecular flexibility index (Phi) is 3.53. The van der Waals surface area contributed by atoms with Crippen molar-refractivity contribution < 1.29 is 0 Å². The number of hydrogen-bond acceptors (Lipinski definition) is 2. The lowest BCUT2D eigenvalue weighted by Gasteiger charge is -2.45. The van der Waals surface area contributed by atoms with Gasteiger partial charge in [-0.05, 0) is 62.2 Å². The van der Waals surface area contributed by atoms with Crippen LogP contribution < -0.4 is 5.73 Å². The van der Waals surface area contributed by atoms with Crippen molar-refractivity contribution in [3.05, 3.63) is 48.0 Å². The van der Waals surface area contributed by atoms with Crippen molar-refractivity contribution in [1.29, 1.82) is 0 Å². The molecule has 2 aromatic carbocycles. The lowest BCUT2D eigenvalue weighted by atomic mass is 9.74. The van der Waals surface area contributed by atoms with Crippen LogP contribution in [0.3, 0.4) is 0 Å². The zero-order chi connectivity index (χ0) is 14.2. The molecule has 1 aliphatic carbocycles. The van der Waals surface area contributed by atoms with Crippen molar-refractivity contribution in [3.8, 4) is 0 Å². The maximum atomic E-state index is 6.11. The molecule has 2 N–H and O–H groups in total. The standard InChI is InChI=1S/C18H24N2/c1-20(2)18(11-9-17(19)10-12-18)16-8-7-14-5-3-4-6-15(14)13-16/h3-8,13,17H,9-12,19H2,1-2H3. The van der Waals surface area contributed by atoms with Gasteiger partial charge in [0.2, 0.25) is 0 Å². The number of fused-ring (bicyclic) bond motifs is 1. The summed E-state index contributed by atoms with van der Waals surface area (Å²) in [5.74, 6) is 0. The molecular weight excluding hydrogens is 244 g/mol. The Balaban J connectivity index is 2.05. The second-order valence-electron chi connectivity index (χ2n) is 6.33. The van der Waals surface area contributed by atoms with Gasteiger partial charge in [0.1, 0.15) is 0 Å². The first-order valence-corrected chi connectivity index (χ1v) is 7.54. The molecule has 20 heavy (non-hydrogen) atoms. The molecule has 106 valence electrons. The summed E-state index contributed by atoms with van der Waals surface area (Å²) in [6.45, 7) is 0. The van der Waals surface area contributed by atoms with Gasteiger partial charge in [0, 0.05) is 11.6 Å². The van der Waals surface area contributed by atoms with Crippen LogP contribution in [0.5, 0.6) is 0 Å². The van der Waals surface area contributed by atoms with Crippen molar-refractivity contribution in [2.24, 2.45) is 5.73 Å². The third kappa shape index (κ3) is 2.23. The minimum absolute atomic E-state index is 0.153. The minimum atomic E-state index is 0.153. The van der Waals surface area contributed by atoms with Gasteiger partial charge in [0.25, 0.3) is 0 Å². The van der Waals surface area contributed by atoms with Gasteiger partial charge in [-0.3, -0.25) is 4.90 Å². The van der Waals surface area contributed by atoms with E-state index in [9.17, 15) is 0 Å². The van der Waals surface area contributed by atoms with Crippen LogP contribution in [0.4, 0.5) is 0 Å². The van der Waals surface area contributed by atoms with Crippen LogP contribution in [0.15, 0.2) is 42.5 Å². The monoisotopic (exact) mass is 268 g/mol. The van der Waals surface area contributed by atoms with Crippen molar-refractivity contribution in [1.82, 2.24) is 4.90 Å². The summed E-state index contributed by atoms with van der Waals surface area (Å²) >= 11 is 0. The zero-order valence-corrected chi connectivity index (χ0v) is 12.5. The molecular formula is C18H24N2. The molecule has 2 heteroatoms. The Hall–Kier alpha value is -1.38. The van der Waals surface area contributed by atoms with Gasteiger partial charge in [0.05, 0.1) is 0 Å². The molecule has 1 saturated carbocycles. The smallest absolute Gasteiger partial charge is 0.0456 e. The lowest BCUT2D eigenvalue weighted by Crippen LogP contribution is -2.46. The molecule has 0 radical (unpaired) electrons. The van der Waals surface area contributed by atoms with Crippen LogP contribution in [0, 0.1) is 0 Å². The van der Waals surface area contributed by atoms with Gasteiger partial charge in [0.15, 0.2) is 0 Å². The normalized spacial score (nSPS) is 27.1. The fourth-order valence-electron chi connectivity index (χ4n) is 3.59. The summed E-state index contributed by atoms with van der Waals surface area (Å²) in [7, 11) is 4.40. The highest BCUT2D eigenvalue weighted by molar-refractivity contribution is 5.83. The molecule has 0 aliphatic heterocycles. The highest BCUT2D eigenvalue weighted by Crippen LogP contribution is 2.41. The summed E-state index contributed by atoms with van der Waals surface area (Å²) in [6, 6.07) is 15.9. The van der Waals surface area contributed by atoms with Crippen LogP contribution in [-0.4, -0.2) is 25.0 Å². The number of hydrogen-bond donors (Lipinski definition) is 1. The Labute approximate surface area is 121 Å². The van der Waals surface area contributed by atoms with Gasteiger partial charge in [-0.25, -0.2) is 0 Å². The minimum Gasteiger partial charge on any atom is -0.328 e. The van der Waals surface area contributed by atoms with E-state index >= 15 is 0 Å². The van der Waals surface area contributed by atoms with Gasteiger partial charge in [-0.1, -0.05) is 36.4 Å². The number of benzene rings is 2. The first kappa shape index (κ1) is 13.6. The molecule has 2 nitrogen and oxygen atoms in total. The summed E-state index contributed by atoms with van der Waals surface area (Å²) in [5.41, 5.74) is 7.70. The van der Waals surface area contributed by atoms with Crippen LogP contribution >= 0.6 is 0 Å². The Morgan fingerprint density at radius 2 is 1.65 bits per heavy atom. The molecule has 2 aromatic rings. The Bertz CT molecular complexity index is 595. The molecule has 0 aromatic heterocycles. The molecule has 0 amide bonds. The van der Waals surface area contributed by atoms with Crippen LogP contribution in [0.25, 0.3) is 10.8 Å². The number of rotatable bonds is 2. The molecule has 0 heterocycles. The molecule has 0 spiro atoms. The first-order chi connectivity index (χ1) is 9.62. The fourth-order valence-corrected chi connectivity index (χ4v) is 3.59. The molecule has 1 fully saturated rings. The Morgan fingerprint density at radius 1 is 1.00 bits per heavy atom. The van der Waals surface area contributed by atoms with Crippen LogP contribution in [0.2, 0.25) is 0 Å². The highest BCUT2D eigenvalue weighted by atomic mass is 15.1. The number of nitrogens with two attached hydrogens (primary N) is 1. The third-order valence-electron chi connectivity index (χ3n) is 5.00. The van der Waals surface area contributed by atoms with Gasteiger partial charge < -0.3 is 5.73 Å². The van der Waals surface area contributed by atoms with Crippen molar-refractivity contribution >= 4 is 10.8 Å². The van der Waals surface area contributed by atoms with Crippen molar-refractivity contribution in [3.63, 3.8) is 0 Å². The highest BCUT2D eigenvalue weighted by Gasteiger charge is 2.37. The molecule has 1 aliphatic rings. The number of nitrogens with zero attached hydrogens (tertiary/aromatic N) is 1. The van der Waals surface area contributed by atoms with E-state index < -0.39 is 0 Å². The van der Waals surface area contributed by atoms with Crippen molar-refractivity contribution in [2.45, 2.75) is 37.3 Å². The molecule has 0 atom stereocenters. The average Bonchev–Trinajstić information content (AvgIpc) is 2.47. The van der Waals surface area contributed by atoms with E-state index in [1.165, 1.54) is 16.3 Å². The fraction of sp³-hybridized carbons (Fsp3) is 0.444. The van der Waals surface area contributed by atoms with Gasteiger partial charge in [-0.2, -0.15) is 0 Å². The van der Waals surface area contributed by atoms with Crippen LogP contribution in [-0.2, 0) is 5.54 Å². The summed E-state index contributed by atoms with van der Waals surface area (Å²) < 4.78 is 0. The van der Waals surface area contributed by atoms with E-state index in [0.717, 1.165) is 25.7 Å². The average molecular weight is 268 g/mol. The predicted octanol–water partition coefficient (Wildman–Crippen LogP) is 3.50. The molecule has 3 rings (SSSR count). The van der Waals surface area contributed by atoms with Crippen molar-refractivity contribution in [2.75, 3.05) is 14.1 Å². The largest absolute Gasteiger partial charge is 0.328 e. The zero-order valence-electron chi connectivity index (χ0n) is 12.5. The van der Waals surface area contributed by atoms with E-state index in [1.807, 2.05) is 0 Å². The maximum Gasteiger partial charge on any atom is 0.0456 e. The predicted molar refractivity (Wildman–Crippen MR) is 85.8 cm³/mol. The quantitative estimate of drug-likeness (QED) is 0.903. The van der Waals surface area contributed by atoms with Gasteiger partial charge >= 0.3 is 0 Å². The van der Waals surface area contributed by atoms with Gasteiger partial charge in [-0.15, -0.1) is 0 Å². The van der Waals surface area contributed by atoms with E-state index in [0.29, 0.717) is 6.04 Å². The first-order valence-electron chi connectivity index (χ1n) is 7.54. The topological polar surface area (TPSA) is 29.3 Å². The summed E-state index contributed by atoms with van der Waals surface area (Å²) in [5, 5.41) is 2.65. The van der Waals surface area contributed by atoms with E-state index in [-0.39, 0.29) is 5.54 Å². The molecule has 0 bridgehead atoms. The molecule has 0 saturated heterocycles. The summed E-state index contributed by atoms with van der Waals surface area (Å²) in [4.78, 5) is 2.39. The van der Waals surface area contributed by atoms with E-state index in [1.54, 1.807) is 0 Å². The van der Waals surface area contributed by atoms with E-state index in [4.69, 9.17) is 5.73 Å². The third-order valence-corrected chi connectivity index (χ3v) is 5.00. The Morgan fingerprint density at radius 3 is 2.30 bits per heavy atom. The second kappa shape index (κ2) is 5.19.